The molecule has 0 spiro atoms. The van der Waals surface area contributed by atoms with Crippen LogP contribution < -0.4 is 10.6 Å². The molecule has 0 aliphatic rings. The maximum Gasteiger partial charge on any atom is 0.191 e. The fraction of sp³-hybridized carbons (Fsp3) is 0.300. The van der Waals surface area contributed by atoms with Gasteiger partial charge in [-0.3, -0.25) is 4.99 Å². The summed E-state index contributed by atoms with van der Waals surface area (Å²) in [6.45, 7) is 3.16. The van der Waals surface area contributed by atoms with Crippen molar-refractivity contribution in [1.82, 2.24) is 20.6 Å². The molecule has 0 bridgehead atoms. The lowest BCUT2D eigenvalue weighted by Gasteiger charge is -2.12. The van der Waals surface area contributed by atoms with Crippen molar-refractivity contribution in [3.8, 4) is 0 Å². The number of aliphatic imine (C=N–C) groups is 1. The van der Waals surface area contributed by atoms with E-state index in [2.05, 4.69) is 25.6 Å². The first-order valence-electron chi connectivity index (χ1n) is 8.79. The van der Waals surface area contributed by atoms with Crippen LogP contribution in [0.5, 0.6) is 0 Å². The lowest BCUT2D eigenvalue weighted by atomic mass is 10.1. The first-order valence-corrected chi connectivity index (χ1v) is 8.79. The number of fused-ring (bicyclic) bond motifs is 1. The van der Waals surface area contributed by atoms with Gasteiger partial charge >= 0.3 is 0 Å². The van der Waals surface area contributed by atoms with Crippen molar-refractivity contribution in [1.29, 1.82) is 0 Å². The molecule has 0 radical (unpaired) electrons. The zero-order valence-corrected chi connectivity index (χ0v) is 15.1. The van der Waals surface area contributed by atoms with Crippen molar-refractivity contribution in [2.45, 2.75) is 26.3 Å². The molecule has 3 rings (SSSR count). The lowest BCUT2D eigenvalue weighted by molar-refractivity contribution is 0.617. The maximum atomic E-state index is 13.3. The van der Waals surface area contributed by atoms with Crippen LogP contribution in [0.3, 0.4) is 0 Å². The van der Waals surface area contributed by atoms with Crippen LogP contribution in [0.15, 0.2) is 47.5 Å². The van der Waals surface area contributed by atoms with Crippen LogP contribution in [0, 0.1) is 12.7 Å². The third kappa shape index (κ3) is 4.59. The number of guanidine groups is 1. The molecule has 0 saturated heterocycles. The zero-order valence-electron chi connectivity index (χ0n) is 15.1. The molecule has 1 aromatic heterocycles. The second-order valence-corrected chi connectivity index (χ2v) is 6.24. The smallest absolute Gasteiger partial charge is 0.191 e. The van der Waals surface area contributed by atoms with Crippen LogP contribution in [0.1, 0.15) is 23.4 Å². The van der Waals surface area contributed by atoms with Gasteiger partial charge in [-0.1, -0.05) is 24.3 Å². The molecule has 1 heterocycles. The maximum absolute atomic E-state index is 13.3. The summed E-state index contributed by atoms with van der Waals surface area (Å²) in [5.74, 6) is 1.55. The molecular formula is C20H24FN5. The van der Waals surface area contributed by atoms with Crippen LogP contribution in [-0.4, -0.2) is 29.5 Å². The molecule has 0 fully saturated rings. The van der Waals surface area contributed by atoms with Gasteiger partial charge in [0.25, 0.3) is 0 Å². The number of halogens is 1. The molecule has 3 N–H and O–H groups in total. The molecule has 0 aliphatic carbocycles. The molecule has 5 nitrogen and oxygen atoms in total. The molecule has 2 aromatic carbocycles. The number of imidazole rings is 1. The highest BCUT2D eigenvalue weighted by atomic mass is 19.1. The number of aromatic amines is 1. The fourth-order valence-electron chi connectivity index (χ4n) is 2.81. The number of benzene rings is 2. The van der Waals surface area contributed by atoms with Gasteiger partial charge < -0.3 is 15.6 Å². The molecule has 0 saturated carbocycles. The molecule has 26 heavy (non-hydrogen) atoms. The molecule has 136 valence electrons. The molecule has 0 amide bonds. The van der Waals surface area contributed by atoms with Crippen molar-refractivity contribution in [3.63, 3.8) is 0 Å². The first kappa shape index (κ1) is 17.9. The fourth-order valence-corrected chi connectivity index (χ4v) is 2.81. The monoisotopic (exact) mass is 353 g/mol. The Morgan fingerprint density at radius 3 is 2.81 bits per heavy atom. The van der Waals surface area contributed by atoms with E-state index in [1.807, 2.05) is 30.3 Å². The summed E-state index contributed by atoms with van der Waals surface area (Å²) in [7, 11) is 1.74. The Hall–Kier alpha value is -2.89. The predicted molar refractivity (Wildman–Crippen MR) is 104 cm³/mol. The highest BCUT2D eigenvalue weighted by Gasteiger charge is 2.03. The van der Waals surface area contributed by atoms with E-state index < -0.39 is 0 Å². The van der Waals surface area contributed by atoms with Gasteiger partial charge in [-0.15, -0.1) is 0 Å². The van der Waals surface area contributed by atoms with Gasteiger partial charge in [0.2, 0.25) is 0 Å². The number of nitrogens with one attached hydrogen (secondary N) is 3. The summed E-state index contributed by atoms with van der Waals surface area (Å²) in [6, 6.07) is 13.2. The number of hydrogen-bond donors (Lipinski definition) is 3. The SMILES string of the molecule is CN=C(NCCCc1nc2ccccc2[nH]1)NCc1ccc(F)c(C)c1. The molecular weight excluding hydrogens is 329 g/mol. The Balaban J connectivity index is 1.43. The molecule has 0 unspecified atom stereocenters. The van der Waals surface area contributed by atoms with Gasteiger partial charge in [0.05, 0.1) is 11.0 Å². The average Bonchev–Trinajstić information content (AvgIpc) is 3.06. The highest BCUT2D eigenvalue weighted by Crippen LogP contribution is 2.11. The zero-order chi connectivity index (χ0) is 18.4. The second kappa shape index (κ2) is 8.47. The Morgan fingerprint density at radius 2 is 2.04 bits per heavy atom. The molecule has 0 aliphatic heterocycles. The van der Waals surface area contributed by atoms with Crippen molar-refractivity contribution in [2.75, 3.05) is 13.6 Å². The van der Waals surface area contributed by atoms with Crippen molar-refractivity contribution >= 4 is 17.0 Å². The normalized spacial score (nSPS) is 11.7. The van der Waals surface area contributed by atoms with Gasteiger partial charge in [0, 0.05) is 26.6 Å². The van der Waals surface area contributed by atoms with E-state index in [1.165, 1.54) is 6.07 Å². The minimum atomic E-state index is -0.179. The summed E-state index contributed by atoms with van der Waals surface area (Å²) in [5.41, 5.74) is 3.75. The molecule has 0 atom stereocenters. The number of H-pyrrole nitrogens is 1. The Morgan fingerprint density at radius 1 is 1.19 bits per heavy atom. The average molecular weight is 353 g/mol. The van der Waals surface area contributed by atoms with Crippen molar-refractivity contribution in [2.24, 2.45) is 4.99 Å². The Kier molecular flexibility index (Phi) is 5.84. The number of hydrogen-bond acceptors (Lipinski definition) is 2. The van der Waals surface area contributed by atoms with E-state index >= 15 is 0 Å². The molecule has 3 aromatic rings. The van der Waals surface area contributed by atoms with Gasteiger partial charge in [0.15, 0.2) is 5.96 Å². The summed E-state index contributed by atoms with van der Waals surface area (Å²) in [4.78, 5) is 12.1. The molecule has 6 heteroatoms. The third-order valence-corrected chi connectivity index (χ3v) is 4.23. The van der Waals surface area contributed by atoms with E-state index in [9.17, 15) is 4.39 Å². The Bertz CT molecular complexity index is 867. The number of aromatic nitrogens is 2. The largest absolute Gasteiger partial charge is 0.356 e. The van der Waals surface area contributed by atoms with Crippen LogP contribution in [0.25, 0.3) is 11.0 Å². The van der Waals surface area contributed by atoms with Crippen molar-refractivity contribution < 1.29 is 4.39 Å². The van der Waals surface area contributed by atoms with E-state index in [1.54, 1.807) is 20.0 Å². The summed E-state index contributed by atoms with van der Waals surface area (Å²) in [6.07, 6.45) is 1.81. The van der Waals surface area contributed by atoms with E-state index in [4.69, 9.17) is 0 Å². The summed E-state index contributed by atoms with van der Waals surface area (Å²) < 4.78 is 13.3. The van der Waals surface area contributed by atoms with Crippen LogP contribution >= 0.6 is 0 Å². The second-order valence-electron chi connectivity index (χ2n) is 6.24. The van der Waals surface area contributed by atoms with Gasteiger partial charge in [-0.05, 0) is 42.7 Å². The van der Waals surface area contributed by atoms with Gasteiger partial charge in [0.1, 0.15) is 11.6 Å². The third-order valence-electron chi connectivity index (χ3n) is 4.23. The van der Waals surface area contributed by atoms with E-state index in [-0.39, 0.29) is 5.82 Å². The van der Waals surface area contributed by atoms with Crippen LogP contribution in [0.2, 0.25) is 0 Å². The number of aryl methyl sites for hydroxylation is 2. The quantitative estimate of drug-likeness (QED) is 0.362. The van der Waals surface area contributed by atoms with E-state index in [0.29, 0.717) is 12.1 Å². The topological polar surface area (TPSA) is 65.1 Å². The predicted octanol–water partition coefficient (Wildman–Crippen LogP) is 3.31. The number of para-hydroxylation sites is 2. The van der Waals surface area contributed by atoms with Crippen LogP contribution in [0.4, 0.5) is 4.39 Å². The first-order chi connectivity index (χ1) is 12.7. The minimum Gasteiger partial charge on any atom is -0.356 e. The highest BCUT2D eigenvalue weighted by molar-refractivity contribution is 5.79. The van der Waals surface area contributed by atoms with Gasteiger partial charge in [-0.25, -0.2) is 9.37 Å². The standard InChI is InChI=1S/C20H24FN5/c1-14-12-15(9-10-16(14)21)13-24-20(22-2)23-11-5-8-19-25-17-6-3-4-7-18(17)26-19/h3-4,6-7,9-10,12H,5,8,11,13H2,1-2H3,(H,25,26)(H2,22,23,24). The lowest BCUT2D eigenvalue weighted by Crippen LogP contribution is -2.37. The summed E-state index contributed by atoms with van der Waals surface area (Å²) in [5, 5.41) is 6.54. The number of nitrogens with zero attached hydrogens (tertiary/aromatic N) is 2. The Labute approximate surface area is 152 Å². The minimum absolute atomic E-state index is 0.179. The number of rotatable bonds is 6. The van der Waals surface area contributed by atoms with Crippen LogP contribution in [-0.2, 0) is 13.0 Å². The van der Waals surface area contributed by atoms with Crippen molar-refractivity contribution in [3.05, 3.63) is 65.2 Å². The van der Waals surface area contributed by atoms with E-state index in [0.717, 1.165) is 47.8 Å². The van der Waals surface area contributed by atoms with Gasteiger partial charge in [-0.2, -0.15) is 0 Å². The summed E-state index contributed by atoms with van der Waals surface area (Å²) >= 11 is 0.